The SMILES string of the molecule is CCCNC1CCC(OCc2ccccc2Cl)CC1. The highest BCUT2D eigenvalue weighted by Gasteiger charge is 2.21. The zero-order valence-corrected chi connectivity index (χ0v) is 12.5. The van der Waals surface area contributed by atoms with Crippen LogP contribution in [0.1, 0.15) is 44.6 Å². The van der Waals surface area contributed by atoms with Gasteiger partial charge < -0.3 is 10.1 Å². The van der Waals surface area contributed by atoms with Crippen LogP contribution < -0.4 is 5.32 Å². The lowest BCUT2D eigenvalue weighted by Gasteiger charge is -2.29. The monoisotopic (exact) mass is 281 g/mol. The molecule has 0 atom stereocenters. The summed E-state index contributed by atoms with van der Waals surface area (Å²) in [6.07, 6.45) is 6.39. The van der Waals surface area contributed by atoms with Gasteiger partial charge in [-0.05, 0) is 50.3 Å². The van der Waals surface area contributed by atoms with E-state index in [4.69, 9.17) is 16.3 Å². The summed E-state index contributed by atoms with van der Waals surface area (Å²) in [6.45, 7) is 3.98. The zero-order chi connectivity index (χ0) is 13.5. The Kier molecular flexibility index (Phi) is 6.15. The summed E-state index contributed by atoms with van der Waals surface area (Å²) in [5.74, 6) is 0. The summed E-state index contributed by atoms with van der Waals surface area (Å²) in [5.41, 5.74) is 1.09. The summed E-state index contributed by atoms with van der Waals surface area (Å²) in [6, 6.07) is 8.62. The Hall–Kier alpha value is -0.570. The second-order valence-corrected chi connectivity index (χ2v) is 5.74. The van der Waals surface area contributed by atoms with Gasteiger partial charge in [0, 0.05) is 11.1 Å². The average Bonchev–Trinajstić information content (AvgIpc) is 2.45. The van der Waals surface area contributed by atoms with Crippen LogP contribution in [0.15, 0.2) is 24.3 Å². The lowest BCUT2D eigenvalue weighted by molar-refractivity contribution is 0.0114. The molecule has 1 fully saturated rings. The first kappa shape index (κ1) is 14.8. The molecule has 1 aromatic carbocycles. The van der Waals surface area contributed by atoms with E-state index >= 15 is 0 Å². The predicted octanol–water partition coefficient (Wildman–Crippen LogP) is 4.17. The van der Waals surface area contributed by atoms with E-state index in [9.17, 15) is 0 Å². The molecule has 19 heavy (non-hydrogen) atoms. The molecule has 1 saturated carbocycles. The van der Waals surface area contributed by atoms with Gasteiger partial charge in [0.1, 0.15) is 0 Å². The smallest absolute Gasteiger partial charge is 0.0735 e. The molecule has 0 amide bonds. The van der Waals surface area contributed by atoms with Crippen LogP contribution in [0.2, 0.25) is 5.02 Å². The average molecular weight is 282 g/mol. The van der Waals surface area contributed by atoms with Gasteiger partial charge in [0.25, 0.3) is 0 Å². The lowest BCUT2D eigenvalue weighted by Crippen LogP contribution is -2.35. The molecule has 1 aromatic rings. The number of nitrogens with one attached hydrogen (secondary N) is 1. The largest absolute Gasteiger partial charge is 0.373 e. The Balaban J connectivity index is 1.70. The van der Waals surface area contributed by atoms with E-state index in [0.29, 0.717) is 18.8 Å². The Morgan fingerprint density at radius 1 is 1.21 bits per heavy atom. The van der Waals surface area contributed by atoms with Crippen LogP contribution in [0.3, 0.4) is 0 Å². The predicted molar refractivity (Wildman–Crippen MR) is 80.6 cm³/mol. The molecule has 2 nitrogen and oxygen atoms in total. The zero-order valence-electron chi connectivity index (χ0n) is 11.7. The van der Waals surface area contributed by atoms with Gasteiger partial charge in [0.15, 0.2) is 0 Å². The summed E-state index contributed by atoms with van der Waals surface area (Å²) < 4.78 is 5.99. The van der Waals surface area contributed by atoms with E-state index in [1.54, 1.807) is 0 Å². The Morgan fingerprint density at radius 2 is 1.95 bits per heavy atom. The van der Waals surface area contributed by atoms with Crippen molar-refractivity contribution in [2.45, 2.75) is 57.8 Å². The third kappa shape index (κ3) is 4.79. The van der Waals surface area contributed by atoms with Crippen molar-refractivity contribution in [3.63, 3.8) is 0 Å². The van der Waals surface area contributed by atoms with Gasteiger partial charge in [0.2, 0.25) is 0 Å². The standard InChI is InChI=1S/C16H24ClNO/c1-2-11-18-14-7-9-15(10-8-14)19-12-13-5-3-4-6-16(13)17/h3-6,14-15,18H,2,7-12H2,1H3. The molecule has 0 spiro atoms. The summed E-state index contributed by atoms with van der Waals surface area (Å²) in [7, 11) is 0. The molecule has 3 heteroatoms. The Morgan fingerprint density at radius 3 is 2.63 bits per heavy atom. The van der Waals surface area contributed by atoms with Crippen molar-refractivity contribution < 1.29 is 4.74 Å². The van der Waals surface area contributed by atoms with Crippen LogP contribution in [0.25, 0.3) is 0 Å². The van der Waals surface area contributed by atoms with E-state index in [1.165, 1.54) is 19.3 Å². The van der Waals surface area contributed by atoms with Crippen LogP contribution in [0.5, 0.6) is 0 Å². The minimum Gasteiger partial charge on any atom is -0.373 e. The van der Waals surface area contributed by atoms with Crippen molar-refractivity contribution in [1.82, 2.24) is 5.32 Å². The van der Waals surface area contributed by atoms with E-state index < -0.39 is 0 Å². The molecule has 0 unspecified atom stereocenters. The number of rotatable bonds is 6. The molecule has 0 bridgehead atoms. The number of hydrogen-bond acceptors (Lipinski definition) is 2. The van der Waals surface area contributed by atoms with Crippen molar-refractivity contribution in [2.24, 2.45) is 0 Å². The van der Waals surface area contributed by atoms with Crippen molar-refractivity contribution in [2.75, 3.05) is 6.54 Å². The normalized spacial score (nSPS) is 23.5. The van der Waals surface area contributed by atoms with E-state index in [-0.39, 0.29) is 0 Å². The molecule has 0 saturated heterocycles. The lowest BCUT2D eigenvalue weighted by atomic mass is 9.93. The van der Waals surface area contributed by atoms with E-state index in [0.717, 1.165) is 30.0 Å². The molecule has 1 aliphatic rings. The van der Waals surface area contributed by atoms with Crippen molar-refractivity contribution in [3.05, 3.63) is 34.9 Å². The molecular formula is C16H24ClNO. The van der Waals surface area contributed by atoms with Crippen molar-refractivity contribution in [3.8, 4) is 0 Å². The fourth-order valence-corrected chi connectivity index (χ4v) is 2.80. The summed E-state index contributed by atoms with van der Waals surface area (Å²) >= 11 is 6.13. The third-order valence-corrected chi connectivity index (χ3v) is 4.16. The number of halogens is 1. The molecule has 1 N–H and O–H groups in total. The number of ether oxygens (including phenoxy) is 1. The van der Waals surface area contributed by atoms with Crippen LogP contribution in [-0.4, -0.2) is 18.7 Å². The van der Waals surface area contributed by atoms with Crippen molar-refractivity contribution in [1.29, 1.82) is 0 Å². The maximum Gasteiger partial charge on any atom is 0.0735 e. The molecule has 2 rings (SSSR count). The van der Waals surface area contributed by atoms with Crippen LogP contribution >= 0.6 is 11.6 Å². The maximum absolute atomic E-state index is 6.13. The van der Waals surface area contributed by atoms with Crippen molar-refractivity contribution >= 4 is 11.6 Å². The first-order valence-corrected chi connectivity index (χ1v) is 7.75. The summed E-state index contributed by atoms with van der Waals surface area (Å²) in [4.78, 5) is 0. The van der Waals surface area contributed by atoms with Gasteiger partial charge >= 0.3 is 0 Å². The fourth-order valence-electron chi connectivity index (χ4n) is 2.61. The first-order valence-electron chi connectivity index (χ1n) is 7.38. The van der Waals surface area contributed by atoms with Gasteiger partial charge in [-0.2, -0.15) is 0 Å². The minimum atomic E-state index is 0.399. The van der Waals surface area contributed by atoms with E-state index in [2.05, 4.69) is 12.2 Å². The summed E-state index contributed by atoms with van der Waals surface area (Å²) in [5, 5.41) is 4.40. The Labute approximate surface area is 121 Å². The second kappa shape index (κ2) is 7.88. The topological polar surface area (TPSA) is 21.3 Å². The number of benzene rings is 1. The first-order chi connectivity index (χ1) is 9.29. The van der Waals surface area contributed by atoms with Crippen LogP contribution in [-0.2, 0) is 11.3 Å². The van der Waals surface area contributed by atoms with Crippen LogP contribution in [0, 0.1) is 0 Å². The highest BCUT2D eigenvalue weighted by atomic mass is 35.5. The fraction of sp³-hybridized carbons (Fsp3) is 0.625. The molecular weight excluding hydrogens is 258 g/mol. The van der Waals surface area contributed by atoms with Gasteiger partial charge in [-0.15, -0.1) is 0 Å². The van der Waals surface area contributed by atoms with Gasteiger partial charge in [-0.25, -0.2) is 0 Å². The van der Waals surface area contributed by atoms with Gasteiger partial charge in [0.05, 0.1) is 12.7 Å². The molecule has 0 heterocycles. The maximum atomic E-state index is 6.13. The molecule has 0 aliphatic heterocycles. The minimum absolute atomic E-state index is 0.399. The van der Waals surface area contributed by atoms with Crippen LogP contribution in [0.4, 0.5) is 0 Å². The van der Waals surface area contributed by atoms with E-state index in [1.807, 2.05) is 24.3 Å². The van der Waals surface area contributed by atoms with Gasteiger partial charge in [-0.3, -0.25) is 0 Å². The highest BCUT2D eigenvalue weighted by molar-refractivity contribution is 6.31. The van der Waals surface area contributed by atoms with Gasteiger partial charge in [-0.1, -0.05) is 36.7 Å². The third-order valence-electron chi connectivity index (χ3n) is 3.79. The molecule has 1 aliphatic carbocycles. The second-order valence-electron chi connectivity index (χ2n) is 5.33. The number of hydrogen-bond donors (Lipinski definition) is 1. The highest BCUT2D eigenvalue weighted by Crippen LogP contribution is 2.23. The quantitative estimate of drug-likeness (QED) is 0.845. The molecule has 0 aromatic heterocycles. The Bertz CT molecular complexity index is 375. The molecule has 106 valence electrons. The molecule has 0 radical (unpaired) electrons.